The first-order valence-corrected chi connectivity index (χ1v) is 17.5. The molecule has 49 heavy (non-hydrogen) atoms. The molecular weight excluding hydrogens is 678 g/mol. The predicted octanol–water partition coefficient (Wildman–Crippen LogP) is 6.33. The Morgan fingerprint density at radius 2 is 1.59 bits per heavy atom. The molecule has 3 aromatic heterocycles. The van der Waals surface area contributed by atoms with E-state index in [4.69, 9.17) is 25.8 Å². The summed E-state index contributed by atoms with van der Waals surface area (Å²) >= 11 is 6.08. The standard InChI is InChI=1S/C34H33ClF2N6O5S/c1-19-18-48-33-27-29(28(37)30(35)40-33)39-34(49(5,44)45)41-32(27)43(19)20(2)26-14-23(36)15-38-31(26)42(16-21-6-10-24(46-3)11-7-21)17-22-8-12-25(47-4)13-9-22/h6-15,19-20H,16-18H2,1-5H3/t19-,20+/m0/s1. The van der Waals surface area contributed by atoms with Crippen molar-refractivity contribution in [2.24, 2.45) is 0 Å². The molecule has 1 aliphatic heterocycles. The van der Waals surface area contributed by atoms with Gasteiger partial charge in [0.2, 0.25) is 20.9 Å². The molecule has 6 rings (SSSR count). The zero-order chi connectivity index (χ0) is 35.0. The summed E-state index contributed by atoms with van der Waals surface area (Å²) in [7, 11) is -0.824. The zero-order valence-corrected chi connectivity index (χ0v) is 28.9. The van der Waals surface area contributed by atoms with Crippen LogP contribution >= 0.6 is 11.6 Å². The molecule has 11 nitrogen and oxygen atoms in total. The van der Waals surface area contributed by atoms with Gasteiger partial charge in [0.05, 0.1) is 32.5 Å². The number of halogens is 3. The maximum Gasteiger partial charge on any atom is 0.249 e. The first-order valence-electron chi connectivity index (χ1n) is 15.2. The molecular formula is C34H33ClF2N6O5S. The minimum atomic E-state index is -4.01. The van der Waals surface area contributed by atoms with E-state index >= 15 is 8.78 Å². The average molecular weight is 711 g/mol. The summed E-state index contributed by atoms with van der Waals surface area (Å²) in [6.07, 6.45) is 2.08. The SMILES string of the molecule is COc1ccc(CN(Cc2ccc(OC)cc2)c2ncc(F)cc2[C@@H](C)N2c3nc(S(C)(=O)=O)nc4c(F)c(Cl)nc(c34)OC[C@@H]2C)cc1. The van der Waals surface area contributed by atoms with Gasteiger partial charge in [-0.3, -0.25) is 0 Å². The van der Waals surface area contributed by atoms with Crippen molar-refractivity contribution in [1.29, 1.82) is 0 Å². The van der Waals surface area contributed by atoms with Gasteiger partial charge in [-0.2, -0.15) is 4.98 Å². The third-order valence-electron chi connectivity index (χ3n) is 8.28. The van der Waals surface area contributed by atoms with Crippen LogP contribution in [-0.4, -0.2) is 61.5 Å². The molecule has 4 heterocycles. The lowest BCUT2D eigenvalue weighted by Gasteiger charge is -2.37. The fourth-order valence-electron chi connectivity index (χ4n) is 5.86. The summed E-state index contributed by atoms with van der Waals surface area (Å²) in [5, 5.41) is -1.08. The Labute approximate surface area is 287 Å². The average Bonchev–Trinajstić information content (AvgIpc) is 3.22. The van der Waals surface area contributed by atoms with Crippen molar-refractivity contribution in [3.63, 3.8) is 0 Å². The summed E-state index contributed by atoms with van der Waals surface area (Å²) < 4.78 is 72.8. The highest BCUT2D eigenvalue weighted by Gasteiger charge is 2.35. The smallest absolute Gasteiger partial charge is 0.249 e. The topological polar surface area (TPSA) is 120 Å². The number of anilines is 2. The molecule has 2 atom stereocenters. The van der Waals surface area contributed by atoms with E-state index < -0.39 is 43.9 Å². The molecule has 0 saturated carbocycles. The molecule has 0 saturated heterocycles. The summed E-state index contributed by atoms with van der Waals surface area (Å²) in [5.41, 5.74) is 1.99. The number of pyridine rings is 2. The van der Waals surface area contributed by atoms with Gasteiger partial charge in [0.15, 0.2) is 11.0 Å². The fraction of sp³-hybridized carbons (Fsp3) is 0.294. The molecule has 0 aliphatic carbocycles. The summed E-state index contributed by atoms with van der Waals surface area (Å²) in [6.45, 7) is 4.46. The molecule has 1 aliphatic rings. The third kappa shape index (κ3) is 6.88. The molecule has 0 N–H and O–H groups in total. The Kier molecular flexibility index (Phi) is 9.45. The molecule has 2 aromatic carbocycles. The van der Waals surface area contributed by atoms with Gasteiger partial charge in [0.1, 0.15) is 46.5 Å². The van der Waals surface area contributed by atoms with Crippen LogP contribution in [-0.2, 0) is 22.9 Å². The van der Waals surface area contributed by atoms with E-state index in [0.717, 1.165) is 23.6 Å². The van der Waals surface area contributed by atoms with E-state index in [9.17, 15) is 8.42 Å². The lowest BCUT2D eigenvalue weighted by Crippen LogP contribution is -2.40. The molecule has 0 spiro atoms. The van der Waals surface area contributed by atoms with Crippen LogP contribution in [0.3, 0.4) is 0 Å². The van der Waals surface area contributed by atoms with Crippen molar-refractivity contribution in [3.8, 4) is 17.4 Å². The largest absolute Gasteiger partial charge is 0.497 e. The number of rotatable bonds is 10. The normalized spacial score (nSPS) is 15.0. The number of hydrogen-bond donors (Lipinski definition) is 0. The number of nitrogens with zero attached hydrogens (tertiary/aromatic N) is 6. The Morgan fingerprint density at radius 1 is 1.00 bits per heavy atom. The van der Waals surface area contributed by atoms with Crippen molar-refractivity contribution in [3.05, 3.63) is 94.3 Å². The minimum absolute atomic E-state index is 0.0401. The lowest BCUT2D eigenvalue weighted by molar-refractivity contribution is 0.281. The molecule has 0 amide bonds. The number of hydrogen-bond acceptors (Lipinski definition) is 11. The first-order chi connectivity index (χ1) is 23.4. The first kappa shape index (κ1) is 34.1. The van der Waals surface area contributed by atoms with E-state index in [1.54, 1.807) is 19.1 Å². The Bertz CT molecular complexity index is 2070. The Hall–Kier alpha value is -4.82. The number of aromatic nitrogens is 4. The lowest BCUT2D eigenvalue weighted by atomic mass is 10.0. The number of sulfone groups is 1. The number of benzene rings is 2. The van der Waals surface area contributed by atoms with Gasteiger partial charge in [-0.05, 0) is 55.3 Å². The molecule has 0 radical (unpaired) electrons. The third-order valence-corrected chi connectivity index (χ3v) is 9.37. The van der Waals surface area contributed by atoms with Gasteiger partial charge >= 0.3 is 0 Å². The second-order valence-electron chi connectivity index (χ2n) is 11.7. The maximum absolute atomic E-state index is 15.5. The van der Waals surface area contributed by atoms with E-state index in [-0.39, 0.29) is 29.2 Å². The Balaban J connectivity index is 1.52. The highest BCUT2D eigenvalue weighted by Crippen LogP contribution is 2.43. The van der Waals surface area contributed by atoms with Crippen molar-refractivity contribution in [2.45, 2.75) is 44.2 Å². The number of ether oxygens (including phenoxy) is 3. The van der Waals surface area contributed by atoms with Crippen LogP contribution in [0.5, 0.6) is 17.4 Å². The maximum atomic E-state index is 15.5. The minimum Gasteiger partial charge on any atom is -0.497 e. The molecule has 15 heteroatoms. The van der Waals surface area contributed by atoms with E-state index in [1.807, 2.05) is 67.3 Å². The summed E-state index contributed by atoms with van der Waals surface area (Å²) in [5.74, 6) is 0.278. The monoisotopic (exact) mass is 710 g/mol. The van der Waals surface area contributed by atoms with Gasteiger partial charge in [-0.25, -0.2) is 32.2 Å². The molecule has 0 unspecified atom stereocenters. The van der Waals surface area contributed by atoms with Crippen LogP contribution in [0.2, 0.25) is 5.15 Å². The van der Waals surface area contributed by atoms with Crippen molar-refractivity contribution in [1.82, 2.24) is 19.9 Å². The molecule has 0 fully saturated rings. The zero-order valence-electron chi connectivity index (χ0n) is 27.3. The molecule has 256 valence electrons. The van der Waals surface area contributed by atoms with E-state index in [2.05, 4.69) is 19.9 Å². The van der Waals surface area contributed by atoms with Crippen LogP contribution in [0.15, 0.2) is 66.0 Å². The van der Waals surface area contributed by atoms with Crippen LogP contribution in [0.4, 0.5) is 20.4 Å². The van der Waals surface area contributed by atoms with Gasteiger partial charge in [0, 0.05) is 24.9 Å². The van der Waals surface area contributed by atoms with Gasteiger partial charge < -0.3 is 24.0 Å². The summed E-state index contributed by atoms with van der Waals surface area (Å²) in [4.78, 5) is 20.9. The van der Waals surface area contributed by atoms with Crippen molar-refractivity contribution >= 4 is 44.0 Å². The molecule has 5 aromatic rings. The van der Waals surface area contributed by atoms with Gasteiger partial charge in [-0.15, -0.1) is 0 Å². The van der Waals surface area contributed by atoms with Crippen LogP contribution in [0.1, 0.15) is 36.6 Å². The highest BCUT2D eigenvalue weighted by molar-refractivity contribution is 7.90. The van der Waals surface area contributed by atoms with Gasteiger partial charge in [0.25, 0.3) is 0 Å². The van der Waals surface area contributed by atoms with Crippen LogP contribution in [0, 0.1) is 11.6 Å². The van der Waals surface area contributed by atoms with Crippen LogP contribution < -0.4 is 24.0 Å². The second kappa shape index (κ2) is 13.6. The van der Waals surface area contributed by atoms with E-state index in [0.29, 0.717) is 36.0 Å². The second-order valence-corrected chi connectivity index (χ2v) is 14.0. The number of methoxy groups -OCH3 is 2. The molecule has 0 bridgehead atoms. The quantitative estimate of drug-likeness (QED) is 0.120. The fourth-order valence-corrected chi connectivity index (χ4v) is 6.54. The predicted molar refractivity (Wildman–Crippen MR) is 181 cm³/mol. The summed E-state index contributed by atoms with van der Waals surface area (Å²) in [6, 6.07) is 15.4. The van der Waals surface area contributed by atoms with E-state index in [1.165, 1.54) is 6.07 Å². The van der Waals surface area contributed by atoms with Crippen molar-refractivity contribution < 1.29 is 31.4 Å². The van der Waals surface area contributed by atoms with Gasteiger partial charge in [-0.1, -0.05) is 35.9 Å². The van der Waals surface area contributed by atoms with Crippen molar-refractivity contribution in [2.75, 3.05) is 36.9 Å². The Morgan fingerprint density at radius 3 is 2.14 bits per heavy atom. The van der Waals surface area contributed by atoms with Crippen LogP contribution in [0.25, 0.3) is 10.9 Å². The highest BCUT2D eigenvalue weighted by atomic mass is 35.5.